The Balaban J connectivity index is 2.15. The average molecular weight is 235 g/mol. The molecule has 1 aliphatic rings. The van der Waals surface area contributed by atoms with E-state index in [0.717, 1.165) is 5.56 Å². The van der Waals surface area contributed by atoms with Crippen LogP contribution < -0.4 is 26.7 Å². The molecule has 7 nitrogen and oxygen atoms in total. The third-order valence-corrected chi connectivity index (χ3v) is 2.13. The van der Waals surface area contributed by atoms with Crippen molar-refractivity contribution in [3.05, 3.63) is 23.8 Å². The van der Waals surface area contributed by atoms with E-state index < -0.39 is 0 Å². The van der Waals surface area contributed by atoms with Crippen molar-refractivity contribution >= 4 is 11.9 Å². The second-order valence-electron chi connectivity index (χ2n) is 3.36. The van der Waals surface area contributed by atoms with Gasteiger partial charge in [0.2, 0.25) is 12.8 Å². The van der Waals surface area contributed by atoms with E-state index in [1.807, 2.05) is 18.2 Å². The Hall–Kier alpha value is -2.44. The van der Waals surface area contributed by atoms with Crippen molar-refractivity contribution in [2.45, 2.75) is 6.54 Å². The van der Waals surface area contributed by atoms with Crippen LogP contribution in [0.4, 0.5) is 0 Å². The van der Waals surface area contributed by atoms with E-state index in [0.29, 0.717) is 18.0 Å². The highest BCUT2D eigenvalue weighted by Gasteiger charge is 2.16. The molecule has 7 heteroatoms. The second kappa shape index (κ2) is 4.60. The van der Waals surface area contributed by atoms with Gasteiger partial charge in [0.05, 0.1) is 6.54 Å². The number of aliphatic imine (C=N–C) groups is 2. The lowest BCUT2D eigenvalue weighted by Gasteiger charge is -2.02. The highest BCUT2D eigenvalue weighted by molar-refractivity contribution is 5.92. The van der Waals surface area contributed by atoms with Gasteiger partial charge in [-0.15, -0.1) is 0 Å². The third kappa shape index (κ3) is 2.57. The smallest absolute Gasteiger partial charge is 0.231 e. The van der Waals surface area contributed by atoms with E-state index in [1.165, 1.54) is 0 Å². The van der Waals surface area contributed by atoms with Gasteiger partial charge in [-0.3, -0.25) is 0 Å². The van der Waals surface area contributed by atoms with Crippen LogP contribution in [-0.2, 0) is 6.54 Å². The molecule has 90 valence electrons. The number of hydrogen-bond acceptors (Lipinski definition) is 3. The molecule has 0 saturated carbocycles. The van der Waals surface area contributed by atoms with Gasteiger partial charge < -0.3 is 26.7 Å². The van der Waals surface area contributed by atoms with E-state index in [-0.39, 0.29) is 18.7 Å². The molecular weight excluding hydrogens is 222 g/mol. The van der Waals surface area contributed by atoms with Gasteiger partial charge in [-0.25, -0.2) is 4.99 Å². The number of nitrogens with zero attached hydrogens (tertiary/aromatic N) is 2. The minimum Gasteiger partial charge on any atom is -0.454 e. The summed E-state index contributed by atoms with van der Waals surface area (Å²) < 4.78 is 10.6. The maximum Gasteiger partial charge on any atom is 0.231 e. The lowest BCUT2D eigenvalue weighted by atomic mass is 10.2. The van der Waals surface area contributed by atoms with Crippen molar-refractivity contribution in [2.24, 2.45) is 27.2 Å². The largest absolute Gasteiger partial charge is 0.454 e. The molecule has 17 heavy (non-hydrogen) atoms. The summed E-state index contributed by atoms with van der Waals surface area (Å²) in [7, 11) is 0. The monoisotopic (exact) mass is 235 g/mol. The van der Waals surface area contributed by atoms with Crippen LogP contribution in [0.15, 0.2) is 28.2 Å². The number of benzene rings is 1. The van der Waals surface area contributed by atoms with Crippen molar-refractivity contribution < 1.29 is 9.47 Å². The first-order valence-electron chi connectivity index (χ1n) is 4.94. The number of rotatable bonds is 2. The molecule has 0 atom stereocenters. The molecule has 1 aromatic rings. The summed E-state index contributed by atoms with van der Waals surface area (Å²) in [6.45, 7) is 0.550. The number of guanidine groups is 2. The minimum atomic E-state index is -0.121. The van der Waals surface area contributed by atoms with Crippen molar-refractivity contribution in [3.63, 3.8) is 0 Å². The highest BCUT2D eigenvalue weighted by Crippen LogP contribution is 2.35. The van der Waals surface area contributed by atoms with Crippen LogP contribution >= 0.6 is 0 Å². The Kier molecular flexibility index (Phi) is 2.99. The molecule has 6 N–H and O–H groups in total. The molecule has 0 spiro atoms. The van der Waals surface area contributed by atoms with Crippen LogP contribution in [0.3, 0.4) is 0 Å². The number of ether oxygens (including phenoxy) is 2. The quantitative estimate of drug-likeness (QED) is 0.471. The van der Waals surface area contributed by atoms with Crippen LogP contribution in [0, 0.1) is 0 Å². The summed E-state index contributed by atoms with van der Waals surface area (Å²) >= 11 is 0. The first-order valence-corrected chi connectivity index (χ1v) is 4.94. The van der Waals surface area contributed by atoms with Crippen molar-refractivity contribution in [2.75, 3.05) is 6.79 Å². The molecule has 0 aromatic heterocycles. The Morgan fingerprint density at radius 1 is 1.24 bits per heavy atom. The zero-order chi connectivity index (χ0) is 12.3. The van der Waals surface area contributed by atoms with Gasteiger partial charge in [-0.2, -0.15) is 4.99 Å². The molecule has 1 aliphatic heterocycles. The van der Waals surface area contributed by atoms with Crippen molar-refractivity contribution in [1.82, 2.24) is 0 Å². The molecule has 0 unspecified atom stereocenters. The van der Waals surface area contributed by atoms with Crippen LogP contribution in [0.1, 0.15) is 5.56 Å². The molecule has 1 heterocycles. The fourth-order valence-corrected chi connectivity index (χ4v) is 1.45. The molecule has 0 fully saturated rings. The summed E-state index contributed by atoms with van der Waals surface area (Å²) in [5, 5.41) is 0. The number of para-hydroxylation sites is 1. The van der Waals surface area contributed by atoms with Crippen LogP contribution in [-0.4, -0.2) is 18.7 Å². The Labute approximate surface area is 97.9 Å². The topological polar surface area (TPSA) is 121 Å². The van der Waals surface area contributed by atoms with Crippen molar-refractivity contribution in [3.8, 4) is 11.5 Å². The molecule has 0 bridgehead atoms. The minimum absolute atomic E-state index is 0.0292. The van der Waals surface area contributed by atoms with Gasteiger partial charge in [0, 0.05) is 5.56 Å². The normalized spacial score (nSPS) is 13.5. The Morgan fingerprint density at radius 3 is 2.82 bits per heavy atom. The lowest BCUT2D eigenvalue weighted by molar-refractivity contribution is 0.173. The van der Waals surface area contributed by atoms with E-state index in [4.69, 9.17) is 26.7 Å². The van der Waals surface area contributed by atoms with E-state index in [1.54, 1.807) is 0 Å². The molecule has 0 aliphatic carbocycles. The third-order valence-electron chi connectivity index (χ3n) is 2.13. The molecule has 0 radical (unpaired) electrons. The van der Waals surface area contributed by atoms with E-state index in [2.05, 4.69) is 9.98 Å². The summed E-state index contributed by atoms with van der Waals surface area (Å²) in [4.78, 5) is 7.64. The Bertz CT molecular complexity index is 480. The zero-order valence-corrected chi connectivity index (χ0v) is 9.09. The fraction of sp³-hybridized carbons (Fsp3) is 0.200. The van der Waals surface area contributed by atoms with E-state index >= 15 is 0 Å². The first-order chi connectivity index (χ1) is 8.16. The predicted molar refractivity (Wildman–Crippen MR) is 63.7 cm³/mol. The predicted octanol–water partition coefficient (Wildman–Crippen LogP) is -0.497. The summed E-state index contributed by atoms with van der Waals surface area (Å²) in [6.07, 6.45) is 0. The SMILES string of the molecule is NC(N)=NC(N)=NCc1cccc2c1OCO2. The summed E-state index contributed by atoms with van der Waals surface area (Å²) in [5.74, 6) is 1.30. The summed E-state index contributed by atoms with van der Waals surface area (Å²) in [5.41, 5.74) is 16.7. The lowest BCUT2D eigenvalue weighted by Crippen LogP contribution is -2.26. The summed E-state index contributed by atoms with van der Waals surface area (Å²) in [6, 6.07) is 5.56. The van der Waals surface area contributed by atoms with Crippen LogP contribution in [0.25, 0.3) is 0 Å². The maximum atomic E-state index is 5.50. The van der Waals surface area contributed by atoms with Gasteiger partial charge in [0.15, 0.2) is 17.5 Å². The van der Waals surface area contributed by atoms with E-state index in [9.17, 15) is 0 Å². The average Bonchev–Trinajstić information content (AvgIpc) is 2.73. The first kappa shape index (κ1) is 11.1. The Morgan fingerprint density at radius 2 is 2.06 bits per heavy atom. The highest BCUT2D eigenvalue weighted by atomic mass is 16.7. The maximum absolute atomic E-state index is 5.50. The van der Waals surface area contributed by atoms with Gasteiger partial charge in [0.25, 0.3) is 0 Å². The van der Waals surface area contributed by atoms with Gasteiger partial charge in [-0.1, -0.05) is 12.1 Å². The van der Waals surface area contributed by atoms with Gasteiger partial charge in [0.1, 0.15) is 0 Å². The number of hydrogen-bond donors (Lipinski definition) is 3. The standard InChI is InChI=1S/C10H13N5O2/c11-9(12)15-10(13)14-4-6-2-1-3-7-8(6)17-5-16-7/h1-3H,4-5H2,(H6,11,12,13,14,15). The molecule has 1 aromatic carbocycles. The number of fused-ring (bicyclic) bond motifs is 1. The van der Waals surface area contributed by atoms with Gasteiger partial charge in [-0.05, 0) is 6.07 Å². The fourth-order valence-electron chi connectivity index (χ4n) is 1.45. The van der Waals surface area contributed by atoms with Gasteiger partial charge >= 0.3 is 0 Å². The van der Waals surface area contributed by atoms with Crippen LogP contribution in [0.5, 0.6) is 11.5 Å². The zero-order valence-electron chi connectivity index (χ0n) is 9.09. The molecule has 0 saturated heterocycles. The number of nitrogens with two attached hydrogens (primary N) is 3. The van der Waals surface area contributed by atoms with Crippen LogP contribution in [0.2, 0.25) is 0 Å². The van der Waals surface area contributed by atoms with Crippen molar-refractivity contribution in [1.29, 1.82) is 0 Å². The molecule has 2 rings (SSSR count). The molecular formula is C10H13N5O2. The molecule has 0 amide bonds. The second-order valence-corrected chi connectivity index (χ2v) is 3.36.